The molecule has 1 amide bonds. The number of amides is 1. The molecule has 6 nitrogen and oxygen atoms in total. The summed E-state index contributed by atoms with van der Waals surface area (Å²) in [7, 11) is 0. The van der Waals surface area contributed by atoms with E-state index in [4.69, 9.17) is 4.74 Å². The molecular weight excluding hydrogens is 422 g/mol. The molecule has 0 spiro atoms. The molecule has 0 saturated heterocycles. The molecule has 28 heavy (non-hydrogen) atoms. The molecule has 1 aromatic heterocycles. The first-order valence-corrected chi connectivity index (χ1v) is 9.76. The Hall–Kier alpha value is -2.80. The molecule has 0 radical (unpaired) electrons. The third-order valence-corrected chi connectivity index (χ3v) is 6.31. The molecule has 0 bridgehead atoms. The minimum Gasteiger partial charge on any atom is -0.505 e. The van der Waals surface area contributed by atoms with Gasteiger partial charge in [0.05, 0.1) is 4.83 Å². The van der Waals surface area contributed by atoms with Crippen LogP contribution in [0, 0.1) is 0 Å². The summed E-state index contributed by atoms with van der Waals surface area (Å²) in [6.45, 7) is 4.00. The SMILES string of the molecule is CC1(C)Oc2c(c(O)c(N=NC(=O)c3ccncc3)c3ccccc23)CC1Br. The molecule has 3 aromatic rings. The van der Waals surface area contributed by atoms with Crippen LogP contribution in [-0.4, -0.2) is 26.4 Å². The Kier molecular flexibility index (Phi) is 4.63. The first-order valence-electron chi connectivity index (χ1n) is 8.84. The number of benzene rings is 2. The summed E-state index contributed by atoms with van der Waals surface area (Å²) < 4.78 is 6.22. The van der Waals surface area contributed by atoms with Crippen molar-refractivity contribution < 1.29 is 14.6 Å². The highest BCUT2D eigenvalue weighted by atomic mass is 79.9. The molecule has 1 atom stereocenters. The average molecular weight is 440 g/mol. The summed E-state index contributed by atoms with van der Waals surface area (Å²) in [5.74, 6) is 0.132. The predicted octanol–water partition coefficient (Wildman–Crippen LogP) is 5.34. The van der Waals surface area contributed by atoms with Crippen LogP contribution in [0.1, 0.15) is 29.8 Å². The molecule has 1 aliphatic rings. The van der Waals surface area contributed by atoms with Crippen molar-refractivity contribution in [1.82, 2.24) is 4.98 Å². The fourth-order valence-electron chi connectivity index (χ4n) is 3.24. The van der Waals surface area contributed by atoms with Gasteiger partial charge in [0.2, 0.25) is 0 Å². The highest BCUT2D eigenvalue weighted by Gasteiger charge is 2.38. The third-order valence-electron chi connectivity index (χ3n) is 4.88. The smallest absolute Gasteiger partial charge is 0.295 e. The average Bonchev–Trinajstić information content (AvgIpc) is 2.70. The first kappa shape index (κ1) is 18.6. The zero-order chi connectivity index (χ0) is 19.9. The lowest BCUT2D eigenvalue weighted by Gasteiger charge is -2.38. The van der Waals surface area contributed by atoms with Crippen LogP contribution in [0.3, 0.4) is 0 Å². The van der Waals surface area contributed by atoms with E-state index in [1.54, 1.807) is 12.1 Å². The topological polar surface area (TPSA) is 84.1 Å². The van der Waals surface area contributed by atoms with E-state index in [2.05, 4.69) is 31.1 Å². The van der Waals surface area contributed by atoms with Crippen LogP contribution in [0.5, 0.6) is 11.5 Å². The number of ether oxygens (including phenoxy) is 1. The van der Waals surface area contributed by atoms with Crippen LogP contribution >= 0.6 is 15.9 Å². The molecule has 7 heteroatoms. The Labute approximate surface area is 170 Å². The number of carbonyl (C=O) groups excluding carboxylic acids is 1. The molecule has 0 saturated carbocycles. The number of alkyl halides is 1. The number of hydrogen-bond donors (Lipinski definition) is 1. The van der Waals surface area contributed by atoms with Crippen molar-refractivity contribution in [2.75, 3.05) is 0 Å². The zero-order valence-corrected chi connectivity index (χ0v) is 17.0. The molecule has 2 aromatic carbocycles. The van der Waals surface area contributed by atoms with Gasteiger partial charge in [-0.3, -0.25) is 9.78 Å². The van der Waals surface area contributed by atoms with Crippen molar-refractivity contribution in [3.8, 4) is 11.5 Å². The van der Waals surface area contributed by atoms with Gasteiger partial charge in [0.1, 0.15) is 17.0 Å². The van der Waals surface area contributed by atoms with Crippen molar-refractivity contribution in [2.24, 2.45) is 10.2 Å². The fraction of sp³-hybridized carbons (Fsp3) is 0.238. The van der Waals surface area contributed by atoms with Gasteiger partial charge in [0.25, 0.3) is 5.91 Å². The Balaban J connectivity index is 1.85. The van der Waals surface area contributed by atoms with Crippen LogP contribution in [0.15, 0.2) is 59.0 Å². The molecule has 1 N–H and O–H groups in total. The minimum absolute atomic E-state index is 0.0140. The summed E-state index contributed by atoms with van der Waals surface area (Å²) in [6, 6.07) is 10.6. The highest BCUT2D eigenvalue weighted by molar-refractivity contribution is 9.09. The zero-order valence-electron chi connectivity index (χ0n) is 15.4. The van der Waals surface area contributed by atoms with E-state index in [1.807, 2.05) is 38.1 Å². The van der Waals surface area contributed by atoms with Gasteiger partial charge in [-0.2, -0.15) is 0 Å². The van der Waals surface area contributed by atoms with E-state index < -0.39 is 11.5 Å². The Morgan fingerprint density at radius 3 is 2.61 bits per heavy atom. The van der Waals surface area contributed by atoms with Gasteiger partial charge < -0.3 is 9.84 Å². The number of hydrogen-bond acceptors (Lipinski definition) is 5. The maximum atomic E-state index is 12.3. The number of pyridine rings is 1. The molecule has 2 heterocycles. The predicted molar refractivity (Wildman–Crippen MR) is 110 cm³/mol. The molecule has 142 valence electrons. The van der Waals surface area contributed by atoms with Crippen molar-refractivity contribution in [3.05, 3.63) is 59.9 Å². The van der Waals surface area contributed by atoms with E-state index in [-0.39, 0.29) is 16.3 Å². The van der Waals surface area contributed by atoms with Gasteiger partial charge in [-0.1, -0.05) is 40.2 Å². The lowest BCUT2D eigenvalue weighted by molar-refractivity contribution is 0.0948. The molecular formula is C21H18BrN3O3. The van der Waals surface area contributed by atoms with E-state index in [1.165, 1.54) is 12.4 Å². The summed E-state index contributed by atoms with van der Waals surface area (Å²) in [5, 5.41) is 20.4. The van der Waals surface area contributed by atoms with Crippen LogP contribution in [0.2, 0.25) is 0 Å². The lowest BCUT2D eigenvalue weighted by Crippen LogP contribution is -2.42. The van der Waals surface area contributed by atoms with Gasteiger partial charge in [0, 0.05) is 34.3 Å². The second-order valence-electron chi connectivity index (χ2n) is 7.17. The molecule has 4 rings (SSSR count). The van der Waals surface area contributed by atoms with Crippen LogP contribution in [-0.2, 0) is 6.42 Å². The van der Waals surface area contributed by atoms with Gasteiger partial charge in [0.15, 0.2) is 5.75 Å². The number of phenolic OH excluding ortho intramolecular Hbond substituents is 1. The fourth-order valence-corrected chi connectivity index (χ4v) is 3.65. The summed E-state index contributed by atoms with van der Waals surface area (Å²) in [6.07, 6.45) is 3.60. The van der Waals surface area contributed by atoms with E-state index >= 15 is 0 Å². The minimum atomic E-state index is -0.501. The lowest BCUT2D eigenvalue weighted by atomic mass is 9.90. The summed E-state index contributed by atoms with van der Waals surface area (Å²) in [4.78, 5) is 16.2. The molecule has 1 aliphatic heterocycles. The third kappa shape index (κ3) is 3.16. The van der Waals surface area contributed by atoms with Crippen molar-refractivity contribution in [3.63, 3.8) is 0 Å². The number of phenols is 1. The van der Waals surface area contributed by atoms with E-state index in [9.17, 15) is 9.90 Å². The van der Waals surface area contributed by atoms with Crippen LogP contribution in [0.25, 0.3) is 10.8 Å². The largest absolute Gasteiger partial charge is 0.505 e. The van der Waals surface area contributed by atoms with Gasteiger partial charge in [-0.05, 0) is 32.4 Å². The normalized spacial score (nSPS) is 18.0. The van der Waals surface area contributed by atoms with E-state index in [0.717, 1.165) is 5.39 Å². The van der Waals surface area contributed by atoms with Crippen LogP contribution < -0.4 is 4.74 Å². The molecule has 0 aliphatic carbocycles. The number of aromatic nitrogens is 1. The number of azo groups is 1. The van der Waals surface area contributed by atoms with E-state index in [0.29, 0.717) is 28.7 Å². The second-order valence-corrected chi connectivity index (χ2v) is 8.27. The molecule has 0 fully saturated rings. The highest BCUT2D eigenvalue weighted by Crippen LogP contribution is 2.50. The number of halogens is 1. The number of carbonyl (C=O) groups is 1. The van der Waals surface area contributed by atoms with Crippen molar-refractivity contribution in [2.45, 2.75) is 30.7 Å². The van der Waals surface area contributed by atoms with Gasteiger partial charge >= 0.3 is 0 Å². The first-order chi connectivity index (χ1) is 13.4. The Morgan fingerprint density at radius 2 is 1.89 bits per heavy atom. The van der Waals surface area contributed by atoms with Crippen molar-refractivity contribution >= 4 is 38.3 Å². The van der Waals surface area contributed by atoms with Crippen molar-refractivity contribution in [1.29, 1.82) is 0 Å². The quantitative estimate of drug-likeness (QED) is 0.431. The van der Waals surface area contributed by atoms with Gasteiger partial charge in [-0.15, -0.1) is 10.2 Å². The molecule has 1 unspecified atom stereocenters. The number of aromatic hydroxyl groups is 1. The maximum Gasteiger partial charge on any atom is 0.295 e. The summed E-state index contributed by atoms with van der Waals surface area (Å²) in [5.41, 5.74) is 0.874. The standard InChI is InChI=1S/C21H18BrN3O3/c1-21(2)16(22)11-15-18(26)17(13-5-3-4-6-14(13)19(15)28-21)24-25-20(27)12-7-9-23-10-8-12/h3-10,16,26H,11H2,1-2H3. The number of nitrogens with zero attached hydrogens (tertiary/aromatic N) is 3. The van der Waals surface area contributed by atoms with Crippen LogP contribution in [0.4, 0.5) is 5.69 Å². The monoisotopic (exact) mass is 439 g/mol. The second kappa shape index (κ2) is 6.98. The number of rotatable bonds is 2. The summed E-state index contributed by atoms with van der Waals surface area (Å²) >= 11 is 3.65. The Bertz CT molecular complexity index is 1100. The maximum absolute atomic E-state index is 12.3. The number of fused-ring (bicyclic) bond motifs is 3. The van der Waals surface area contributed by atoms with Gasteiger partial charge in [-0.25, -0.2) is 0 Å². The Morgan fingerprint density at radius 1 is 1.21 bits per heavy atom.